The lowest BCUT2D eigenvalue weighted by molar-refractivity contribution is -0.114. The molecule has 1 aromatic carbocycles. The van der Waals surface area contributed by atoms with Crippen molar-refractivity contribution in [3.63, 3.8) is 0 Å². The van der Waals surface area contributed by atoms with Crippen LogP contribution in [0, 0.1) is 0 Å². The summed E-state index contributed by atoms with van der Waals surface area (Å²) in [6.45, 7) is 2.62. The monoisotopic (exact) mass is 369 g/mol. The second-order valence-corrected chi connectivity index (χ2v) is 6.24. The van der Waals surface area contributed by atoms with Crippen LogP contribution in [-0.2, 0) is 4.79 Å². The first-order valence-electron chi connectivity index (χ1n) is 8.42. The van der Waals surface area contributed by atoms with Crippen LogP contribution in [0.5, 0.6) is 0 Å². The van der Waals surface area contributed by atoms with E-state index >= 15 is 0 Å². The Balaban J connectivity index is 2.04. The summed E-state index contributed by atoms with van der Waals surface area (Å²) in [5.74, 6) is -0.882. The van der Waals surface area contributed by atoms with Crippen molar-refractivity contribution in [3.05, 3.63) is 53.9 Å². The van der Waals surface area contributed by atoms with Gasteiger partial charge in [0.05, 0.1) is 11.1 Å². The number of nitrogens with one attached hydrogen (secondary N) is 3. The Labute approximate surface area is 158 Å². The number of pyridine rings is 1. The van der Waals surface area contributed by atoms with Crippen LogP contribution in [-0.4, -0.2) is 54.8 Å². The standard InChI is InChI=1S/C19H23N5O3/c1-13(25)22-16-5-4-6-17(10-16)23-19(27)15-9-14(11-20-12-15)18(26)21-7-8-24(2)3/h4-6,9-12H,7-8H2,1-3H3,(H,21,26)(H,22,25)(H,23,27). The first kappa shape index (κ1) is 20.1. The van der Waals surface area contributed by atoms with Gasteiger partial charge < -0.3 is 20.9 Å². The fourth-order valence-electron chi connectivity index (χ4n) is 2.26. The maximum Gasteiger partial charge on any atom is 0.257 e. The molecule has 0 unspecified atom stereocenters. The highest BCUT2D eigenvalue weighted by atomic mass is 16.2. The van der Waals surface area contributed by atoms with Crippen LogP contribution in [0.1, 0.15) is 27.6 Å². The highest BCUT2D eigenvalue weighted by Crippen LogP contribution is 2.16. The molecule has 0 bridgehead atoms. The molecule has 142 valence electrons. The van der Waals surface area contributed by atoms with Crippen molar-refractivity contribution in [2.24, 2.45) is 0 Å². The second-order valence-electron chi connectivity index (χ2n) is 6.24. The highest BCUT2D eigenvalue weighted by molar-refractivity contribution is 6.06. The minimum atomic E-state index is -0.398. The molecule has 3 amide bonds. The third-order valence-corrected chi connectivity index (χ3v) is 3.55. The normalized spacial score (nSPS) is 10.4. The summed E-state index contributed by atoms with van der Waals surface area (Å²) in [5, 5.41) is 8.16. The van der Waals surface area contributed by atoms with Crippen molar-refractivity contribution in [3.8, 4) is 0 Å². The topological polar surface area (TPSA) is 103 Å². The maximum atomic E-state index is 12.4. The second kappa shape index (κ2) is 9.44. The summed E-state index contributed by atoms with van der Waals surface area (Å²) >= 11 is 0. The van der Waals surface area contributed by atoms with Crippen LogP contribution in [0.25, 0.3) is 0 Å². The van der Waals surface area contributed by atoms with Gasteiger partial charge in [0, 0.05) is 43.8 Å². The first-order chi connectivity index (χ1) is 12.8. The zero-order valence-corrected chi connectivity index (χ0v) is 15.6. The molecule has 27 heavy (non-hydrogen) atoms. The van der Waals surface area contributed by atoms with E-state index in [1.54, 1.807) is 24.3 Å². The molecule has 1 heterocycles. The quantitative estimate of drug-likeness (QED) is 0.688. The van der Waals surface area contributed by atoms with E-state index in [4.69, 9.17) is 0 Å². The maximum absolute atomic E-state index is 12.4. The van der Waals surface area contributed by atoms with Gasteiger partial charge in [-0.15, -0.1) is 0 Å². The molecule has 0 saturated carbocycles. The van der Waals surface area contributed by atoms with Crippen LogP contribution in [0.4, 0.5) is 11.4 Å². The Hall–Kier alpha value is -3.26. The van der Waals surface area contributed by atoms with Gasteiger partial charge in [-0.2, -0.15) is 0 Å². The van der Waals surface area contributed by atoms with Gasteiger partial charge in [-0.05, 0) is 38.4 Å². The Morgan fingerprint density at radius 1 is 0.963 bits per heavy atom. The van der Waals surface area contributed by atoms with E-state index in [1.807, 2.05) is 19.0 Å². The van der Waals surface area contributed by atoms with E-state index < -0.39 is 5.91 Å². The SMILES string of the molecule is CC(=O)Nc1cccc(NC(=O)c2cncc(C(=O)NCCN(C)C)c2)c1. The summed E-state index contributed by atoms with van der Waals surface area (Å²) in [4.78, 5) is 41.7. The predicted molar refractivity (Wildman–Crippen MR) is 104 cm³/mol. The number of rotatable bonds is 7. The Kier molecular flexibility index (Phi) is 7.01. The summed E-state index contributed by atoms with van der Waals surface area (Å²) < 4.78 is 0. The zero-order chi connectivity index (χ0) is 19.8. The summed E-state index contributed by atoms with van der Waals surface area (Å²) in [6, 6.07) is 8.27. The van der Waals surface area contributed by atoms with Crippen molar-refractivity contribution < 1.29 is 14.4 Å². The molecule has 0 aliphatic heterocycles. The van der Waals surface area contributed by atoms with Gasteiger partial charge in [-0.3, -0.25) is 19.4 Å². The molecule has 0 radical (unpaired) electrons. The number of aromatic nitrogens is 1. The number of nitrogens with zero attached hydrogens (tertiary/aromatic N) is 2. The number of carbonyl (C=O) groups excluding carboxylic acids is 3. The fraction of sp³-hybridized carbons (Fsp3) is 0.263. The van der Waals surface area contributed by atoms with Crippen molar-refractivity contribution in [2.45, 2.75) is 6.92 Å². The van der Waals surface area contributed by atoms with Crippen molar-refractivity contribution in [2.75, 3.05) is 37.8 Å². The van der Waals surface area contributed by atoms with Crippen molar-refractivity contribution in [1.29, 1.82) is 0 Å². The molecule has 8 nitrogen and oxygen atoms in total. The summed E-state index contributed by atoms with van der Waals surface area (Å²) in [6.07, 6.45) is 2.81. The van der Waals surface area contributed by atoms with Crippen LogP contribution in [0.2, 0.25) is 0 Å². The molecular formula is C19H23N5O3. The van der Waals surface area contributed by atoms with Crippen LogP contribution >= 0.6 is 0 Å². The largest absolute Gasteiger partial charge is 0.351 e. The third kappa shape index (κ3) is 6.52. The van der Waals surface area contributed by atoms with Gasteiger partial charge in [0.15, 0.2) is 0 Å². The molecule has 0 aliphatic carbocycles. The lowest BCUT2D eigenvalue weighted by atomic mass is 10.1. The zero-order valence-electron chi connectivity index (χ0n) is 15.6. The lowest BCUT2D eigenvalue weighted by Gasteiger charge is -2.11. The average Bonchev–Trinajstić information content (AvgIpc) is 2.61. The Morgan fingerprint density at radius 2 is 1.59 bits per heavy atom. The highest BCUT2D eigenvalue weighted by Gasteiger charge is 2.12. The molecule has 3 N–H and O–H groups in total. The minimum Gasteiger partial charge on any atom is -0.351 e. The lowest BCUT2D eigenvalue weighted by Crippen LogP contribution is -2.31. The minimum absolute atomic E-state index is 0.198. The van der Waals surface area contributed by atoms with Crippen molar-refractivity contribution >= 4 is 29.1 Å². The van der Waals surface area contributed by atoms with Gasteiger partial charge >= 0.3 is 0 Å². The van der Waals surface area contributed by atoms with E-state index in [1.165, 1.54) is 25.4 Å². The average molecular weight is 369 g/mol. The van der Waals surface area contributed by atoms with E-state index in [0.29, 0.717) is 30.0 Å². The number of amides is 3. The van der Waals surface area contributed by atoms with E-state index in [9.17, 15) is 14.4 Å². The summed E-state index contributed by atoms with van der Waals surface area (Å²) in [7, 11) is 3.83. The number of anilines is 2. The predicted octanol–water partition coefficient (Wildman–Crippen LogP) is 1.58. The van der Waals surface area contributed by atoms with E-state index in [2.05, 4.69) is 20.9 Å². The van der Waals surface area contributed by atoms with Crippen LogP contribution in [0.3, 0.4) is 0 Å². The van der Waals surface area contributed by atoms with Crippen LogP contribution < -0.4 is 16.0 Å². The van der Waals surface area contributed by atoms with Gasteiger partial charge in [0.2, 0.25) is 5.91 Å². The van der Waals surface area contributed by atoms with Gasteiger partial charge in [-0.25, -0.2) is 0 Å². The molecule has 0 aliphatic rings. The third-order valence-electron chi connectivity index (χ3n) is 3.55. The van der Waals surface area contributed by atoms with E-state index in [0.717, 1.165) is 0 Å². The molecule has 2 aromatic rings. The summed E-state index contributed by atoms with van der Waals surface area (Å²) in [5.41, 5.74) is 1.67. The molecular weight excluding hydrogens is 346 g/mol. The van der Waals surface area contributed by atoms with Crippen molar-refractivity contribution in [1.82, 2.24) is 15.2 Å². The van der Waals surface area contributed by atoms with E-state index in [-0.39, 0.29) is 17.4 Å². The van der Waals surface area contributed by atoms with Gasteiger partial charge in [0.1, 0.15) is 0 Å². The molecule has 0 spiro atoms. The Morgan fingerprint density at radius 3 is 2.22 bits per heavy atom. The molecule has 1 aromatic heterocycles. The first-order valence-corrected chi connectivity index (χ1v) is 8.42. The smallest absolute Gasteiger partial charge is 0.257 e. The number of carbonyl (C=O) groups is 3. The molecule has 0 fully saturated rings. The van der Waals surface area contributed by atoms with Gasteiger partial charge in [0.25, 0.3) is 11.8 Å². The number of hydrogen-bond donors (Lipinski definition) is 3. The molecule has 0 saturated heterocycles. The Bertz CT molecular complexity index is 836. The molecule has 2 rings (SSSR count). The molecule has 0 atom stereocenters. The van der Waals surface area contributed by atoms with Gasteiger partial charge in [-0.1, -0.05) is 6.07 Å². The number of likely N-dealkylation sites (N-methyl/N-ethyl adjacent to an activating group) is 1. The van der Waals surface area contributed by atoms with Crippen LogP contribution in [0.15, 0.2) is 42.7 Å². The number of benzene rings is 1. The fourth-order valence-corrected chi connectivity index (χ4v) is 2.26. The number of hydrogen-bond acceptors (Lipinski definition) is 5. The molecule has 8 heteroatoms.